The molecule has 18 heavy (non-hydrogen) atoms. The van der Waals surface area contributed by atoms with Crippen molar-refractivity contribution in [2.75, 3.05) is 24.7 Å². The molecule has 1 aliphatic rings. The molecular formula is C15H29NOS. The summed E-state index contributed by atoms with van der Waals surface area (Å²) in [6, 6.07) is 0.610. The molecular weight excluding hydrogens is 242 g/mol. The second kappa shape index (κ2) is 7.56. The summed E-state index contributed by atoms with van der Waals surface area (Å²) in [5.41, 5.74) is 0.276. The van der Waals surface area contributed by atoms with Gasteiger partial charge in [0.2, 0.25) is 0 Å². The highest BCUT2D eigenvalue weighted by molar-refractivity contribution is 7.99. The maximum Gasteiger partial charge on any atom is 0.0656 e. The predicted octanol–water partition coefficient (Wildman–Crippen LogP) is 3.33. The number of nitrogens with one attached hydrogen (secondary N) is 1. The Morgan fingerprint density at radius 3 is 2.78 bits per heavy atom. The highest BCUT2D eigenvalue weighted by Crippen LogP contribution is 2.42. The van der Waals surface area contributed by atoms with Crippen LogP contribution in [0.5, 0.6) is 0 Å². The van der Waals surface area contributed by atoms with Gasteiger partial charge in [-0.05, 0) is 12.3 Å². The van der Waals surface area contributed by atoms with Crippen LogP contribution in [0.2, 0.25) is 0 Å². The smallest absolute Gasteiger partial charge is 0.0656 e. The van der Waals surface area contributed by atoms with Crippen molar-refractivity contribution in [2.24, 2.45) is 11.3 Å². The van der Waals surface area contributed by atoms with E-state index in [9.17, 15) is 0 Å². The molecule has 2 nitrogen and oxygen atoms in total. The molecule has 3 heteroatoms. The van der Waals surface area contributed by atoms with Crippen molar-refractivity contribution >= 4 is 11.8 Å². The molecule has 2 atom stereocenters. The first-order chi connectivity index (χ1) is 8.48. The van der Waals surface area contributed by atoms with Crippen LogP contribution in [0.4, 0.5) is 0 Å². The van der Waals surface area contributed by atoms with Gasteiger partial charge in [-0.3, -0.25) is 0 Å². The summed E-state index contributed by atoms with van der Waals surface area (Å²) in [5.74, 6) is 2.84. The van der Waals surface area contributed by atoms with E-state index in [1.54, 1.807) is 0 Å². The van der Waals surface area contributed by atoms with Crippen LogP contribution < -0.4 is 5.32 Å². The first kappa shape index (κ1) is 16.1. The van der Waals surface area contributed by atoms with Gasteiger partial charge in [-0.2, -0.15) is 11.8 Å². The minimum absolute atomic E-state index is 0.276. The number of rotatable bonds is 9. The fraction of sp³-hybridized carbons (Fsp3) is 0.867. The van der Waals surface area contributed by atoms with Crippen molar-refractivity contribution in [3.8, 4) is 0 Å². The number of thioether (sulfide) groups is 1. The molecule has 0 radical (unpaired) electrons. The maximum atomic E-state index is 5.97. The molecule has 0 spiro atoms. The molecule has 0 aromatic carbocycles. The third-order valence-corrected chi connectivity index (χ3v) is 4.65. The topological polar surface area (TPSA) is 21.3 Å². The summed E-state index contributed by atoms with van der Waals surface area (Å²) in [4.78, 5) is 0. The zero-order chi connectivity index (χ0) is 13.6. The van der Waals surface area contributed by atoms with Gasteiger partial charge in [0.25, 0.3) is 0 Å². The lowest BCUT2D eigenvalue weighted by atomic mass is 9.64. The molecule has 2 unspecified atom stereocenters. The van der Waals surface area contributed by atoms with Crippen molar-refractivity contribution < 1.29 is 4.74 Å². The predicted molar refractivity (Wildman–Crippen MR) is 82.3 cm³/mol. The summed E-state index contributed by atoms with van der Waals surface area (Å²) in [5, 5.41) is 3.65. The van der Waals surface area contributed by atoms with E-state index in [1.165, 1.54) is 0 Å². The molecule has 0 bridgehead atoms. The van der Waals surface area contributed by atoms with Gasteiger partial charge in [-0.25, -0.2) is 0 Å². The normalized spacial score (nSPS) is 26.1. The van der Waals surface area contributed by atoms with Crippen molar-refractivity contribution in [1.29, 1.82) is 0 Å². The van der Waals surface area contributed by atoms with Crippen LogP contribution >= 0.6 is 11.8 Å². The molecule has 1 saturated carbocycles. The monoisotopic (exact) mass is 271 g/mol. The lowest BCUT2D eigenvalue weighted by molar-refractivity contribution is -0.123. The second-order valence-corrected chi connectivity index (χ2v) is 7.29. The molecule has 0 aromatic heterocycles. The SMILES string of the molecule is C=CCSCCNC1CC(OCC(C)C)C1(C)C. The Labute approximate surface area is 117 Å². The summed E-state index contributed by atoms with van der Waals surface area (Å²) < 4.78 is 5.97. The van der Waals surface area contributed by atoms with E-state index in [0.29, 0.717) is 18.1 Å². The van der Waals surface area contributed by atoms with Crippen LogP contribution in [0.25, 0.3) is 0 Å². The summed E-state index contributed by atoms with van der Waals surface area (Å²) in [7, 11) is 0. The minimum atomic E-state index is 0.276. The lowest BCUT2D eigenvalue weighted by Crippen LogP contribution is -2.61. The average molecular weight is 271 g/mol. The Morgan fingerprint density at radius 2 is 2.22 bits per heavy atom. The van der Waals surface area contributed by atoms with E-state index in [2.05, 4.69) is 39.6 Å². The molecule has 0 aliphatic heterocycles. The standard InChI is InChI=1S/C15H29NOS/c1-6-8-18-9-7-16-13-10-14(15(13,4)5)17-11-12(2)3/h6,12-14,16H,1,7-11H2,2-5H3. The Hall–Kier alpha value is 0.01000. The molecule has 1 aliphatic carbocycles. The van der Waals surface area contributed by atoms with Gasteiger partial charge in [-0.1, -0.05) is 33.8 Å². The van der Waals surface area contributed by atoms with Crippen molar-refractivity contribution in [3.05, 3.63) is 12.7 Å². The van der Waals surface area contributed by atoms with Crippen LogP contribution in [0.1, 0.15) is 34.1 Å². The van der Waals surface area contributed by atoms with Crippen LogP contribution in [0, 0.1) is 11.3 Å². The second-order valence-electron chi connectivity index (χ2n) is 6.14. The molecule has 0 heterocycles. The lowest BCUT2D eigenvalue weighted by Gasteiger charge is -2.52. The summed E-state index contributed by atoms with van der Waals surface area (Å²) >= 11 is 1.93. The summed E-state index contributed by atoms with van der Waals surface area (Å²) in [6.45, 7) is 14.7. The molecule has 1 N–H and O–H groups in total. The number of hydrogen-bond donors (Lipinski definition) is 1. The minimum Gasteiger partial charge on any atom is -0.377 e. The fourth-order valence-electron chi connectivity index (χ4n) is 2.30. The Kier molecular flexibility index (Phi) is 6.75. The van der Waals surface area contributed by atoms with Gasteiger partial charge in [0.15, 0.2) is 0 Å². The van der Waals surface area contributed by atoms with Crippen LogP contribution in [-0.2, 0) is 4.74 Å². The first-order valence-electron chi connectivity index (χ1n) is 7.02. The molecule has 0 saturated heterocycles. The molecule has 0 amide bonds. The van der Waals surface area contributed by atoms with Crippen LogP contribution in [0.3, 0.4) is 0 Å². The zero-order valence-electron chi connectivity index (χ0n) is 12.4. The van der Waals surface area contributed by atoms with E-state index >= 15 is 0 Å². The van der Waals surface area contributed by atoms with Crippen molar-refractivity contribution in [1.82, 2.24) is 5.32 Å². The van der Waals surface area contributed by atoms with Crippen molar-refractivity contribution in [3.63, 3.8) is 0 Å². The van der Waals surface area contributed by atoms with Gasteiger partial charge < -0.3 is 10.1 Å². The Morgan fingerprint density at radius 1 is 1.50 bits per heavy atom. The van der Waals surface area contributed by atoms with E-state index < -0.39 is 0 Å². The van der Waals surface area contributed by atoms with Gasteiger partial charge in [-0.15, -0.1) is 6.58 Å². The molecule has 1 fully saturated rings. The first-order valence-corrected chi connectivity index (χ1v) is 8.17. The van der Waals surface area contributed by atoms with Gasteiger partial charge in [0.05, 0.1) is 6.10 Å². The van der Waals surface area contributed by atoms with E-state index in [0.717, 1.165) is 31.1 Å². The zero-order valence-corrected chi connectivity index (χ0v) is 13.2. The molecule has 1 rings (SSSR count). The van der Waals surface area contributed by atoms with Gasteiger partial charge in [0.1, 0.15) is 0 Å². The van der Waals surface area contributed by atoms with E-state index in [4.69, 9.17) is 4.74 Å². The largest absolute Gasteiger partial charge is 0.377 e. The van der Waals surface area contributed by atoms with Crippen LogP contribution in [0.15, 0.2) is 12.7 Å². The Balaban J connectivity index is 2.16. The van der Waals surface area contributed by atoms with Gasteiger partial charge in [0, 0.05) is 36.1 Å². The highest BCUT2D eigenvalue weighted by Gasteiger charge is 2.48. The molecule has 106 valence electrons. The number of hydrogen-bond acceptors (Lipinski definition) is 3. The van der Waals surface area contributed by atoms with Crippen molar-refractivity contribution in [2.45, 2.75) is 46.3 Å². The number of ether oxygens (including phenoxy) is 1. The van der Waals surface area contributed by atoms with E-state index in [-0.39, 0.29) is 5.41 Å². The average Bonchev–Trinajstić information content (AvgIpc) is 2.30. The third kappa shape index (κ3) is 4.60. The summed E-state index contributed by atoms with van der Waals surface area (Å²) in [6.07, 6.45) is 3.55. The quantitative estimate of drug-likeness (QED) is 0.513. The third-order valence-electron chi connectivity index (χ3n) is 3.68. The van der Waals surface area contributed by atoms with Gasteiger partial charge >= 0.3 is 0 Å². The fourth-order valence-corrected chi connectivity index (χ4v) is 2.89. The maximum absolute atomic E-state index is 5.97. The highest BCUT2D eigenvalue weighted by atomic mass is 32.2. The molecule has 0 aromatic rings. The van der Waals surface area contributed by atoms with Crippen LogP contribution in [-0.4, -0.2) is 36.8 Å². The Bertz CT molecular complexity index is 253. The van der Waals surface area contributed by atoms with E-state index in [1.807, 2.05) is 17.8 Å².